The minimum Gasteiger partial charge on any atom is -0.345 e. The molecule has 0 amide bonds. The highest BCUT2D eigenvalue weighted by Crippen LogP contribution is 2.40. The van der Waals surface area contributed by atoms with Gasteiger partial charge in [0.1, 0.15) is 23.5 Å². The molecule has 1 aliphatic rings. The van der Waals surface area contributed by atoms with E-state index in [1.54, 1.807) is 23.1 Å². The smallest absolute Gasteiger partial charge is 0.272 e. The minimum absolute atomic E-state index is 0.131. The van der Waals surface area contributed by atoms with Gasteiger partial charge in [0.25, 0.3) is 5.24 Å². The molecule has 27 heavy (non-hydrogen) atoms. The molecule has 4 rings (SSSR count). The second kappa shape index (κ2) is 7.09. The van der Waals surface area contributed by atoms with Gasteiger partial charge in [-0.3, -0.25) is 4.79 Å². The van der Waals surface area contributed by atoms with Crippen molar-refractivity contribution in [3.8, 4) is 0 Å². The average molecular weight is 409 g/mol. The molecule has 2 aromatic heterocycles. The third kappa shape index (κ3) is 3.27. The molecular formula is C18H15ClF2N4OS. The molecule has 0 aliphatic carbocycles. The van der Waals surface area contributed by atoms with E-state index in [2.05, 4.69) is 10.1 Å². The van der Waals surface area contributed by atoms with Gasteiger partial charge in [-0.05, 0) is 53.8 Å². The maximum Gasteiger partial charge on any atom is 0.272 e. The molecule has 0 saturated carbocycles. The summed E-state index contributed by atoms with van der Waals surface area (Å²) >= 11 is 7.07. The Bertz CT molecular complexity index is 1030. The van der Waals surface area contributed by atoms with Crippen molar-refractivity contribution in [3.05, 3.63) is 53.6 Å². The lowest BCUT2D eigenvalue weighted by atomic mass is 10.0. The number of aromatic nitrogens is 3. The Morgan fingerprint density at radius 2 is 2.15 bits per heavy atom. The zero-order valence-electron chi connectivity index (χ0n) is 14.3. The van der Waals surface area contributed by atoms with Crippen LogP contribution in [0.2, 0.25) is 0 Å². The fourth-order valence-electron chi connectivity index (χ4n) is 3.45. The van der Waals surface area contributed by atoms with E-state index in [1.807, 2.05) is 6.26 Å². The van der Waals surface area contributed by atoms with Crippen LogP contribution in [0.15, 0.2) is 41.4 Å². The Kier molecular flexibility index (Phi) is 4.77. The number of anilines is 1. The first-order valence-corrected chi connectivity index (χ1v) is 9.87. The number of thioether (sulfide) groups is 1. The number of rotatable bonds is 4. The zero-order chi connectivity index (χ0) is 19.1. The highest BCUT2D eigenvalue weighted by Gasteiger charge is 2.36. The molecule has 9 heteroatoms. The van der Waals surface area contributed by atoms with Crippen molar-refractivity contribution in [2.45, 2.75) is 23.5 Å². The number of carbonyl (C=O) groups is 1. The van der Waals surface area contributed by atoms with Gasteiger partial charge in [-0.15, -0.1) is 16.9 Å². The number of carbonyl (C=O) groups excluding carboxylic acids is 1. The van der Waals surface area contributed by atoms with E-state index in [0.29, 0.717) is 11.5 Å². The molecule has 140 valence electrons. The summed E-state index contributed by atoms with van der Waals surface area (Å²) in [5.74, 6) is 0.110. The summed E-state index contributed by atoms with van der Waals surface area (Å²) in [6.45, 7) is 0.131. The number of hydrogen-bond donors (Lipinski definition) is 0. The minimum atomic E-state index is -1.07. The summed E-state index contributed by atoms with van der Waals surface area (Å²) in [6, 6.07) is 7.60. The van der Waals surface area contributed by atoms with Gasteiger partial charge in [0.15, 0.2) is 5.65 Å². The Morgan fingerprint density at radius 3 is 2.89 bits per heavy atom. The molecule has 2 atom stereocenters. The van der Waals surface area contributed by atoms with Crippen LogP contribution < -0.4 is 4.90 Å². The number of benzene rings is 1. The Morgan fingerprint density at radius 1 is 1.33 bits per heavy atom. The summed E-state index contributed by atoms with van der Waals surface area (Å²) < 4.78 is 29.5. The van der Waals surface area contributed by atoms with Gasteiger partial charge < -0.3 is 4.90 Å². The third-order valence-electron chi connectivity index (χ3n) is 4.64. The normalized spacial score (nSPS) is 19.8. The van der Waals surface area contributed by atoms with Crippen LogP contribution in [-0.2, 0) is 0 Å². The number of halogens is 3. The van der Waals surface area contributed by atoms with Gasteiger partial charge in [0, 0.05) is 11.3 Å². The van der Waals surface area contributed by atoms with E-state index in [0.717, 1.165) is 10.5 Å². The first-order chi connectivity index (χ1) is 13.0. The Hall–Kier alpha value is -2.19. The van der Waals surface area contributed by atoms with Gasteiger partial charge in [-0.1, -0.05) is 0 Å². The van der Waals surface area contributed by atoms with Crippen LogP contribution in [0.25, 0.3) is 5.65 Å². The number of imidazole rings is 1. The molecule has 3 aromatic rings. The maximum atomic E-state index is 14.3. The lowest BCUT2D eigenvalue weighted by Crippen LogP contribution is -2.26. The van der Waals surface area contributed by atoms with Crippen LogP contribution in [0, 0.1) is 5.82 Å². The molecule has 0 spiro atoms. The largest absolute Gasteiger partial charge is 0.345 e. The average Bonchev–Trinajstić information content (AvgIpc) is 3.24. The molecular weight excluding hydrogens is 394 g/mol. The topological polar surface area (TPSA) is 50.5 Å². The van der Waals surface area contributed by atoms with E-state index >= 15 is 0 Å². The molecule has 5 nitrogen and oxygen atoms in total. The summed E-state index contributed by atoms with van der Waals surface area (Å²) in [5.41, 5.74) is 1.33. The Labute approximate surface area is 163 Å². The van der Waals surface area contributed by atoms with Gasteiger partial charge in [0.05, 0.1) is 18.8 Å². The predicted molar refractivity (Wildman–Crippen MR) is 101 cm³/mol. The number of fused-ring (bicyclic) bond motifs is 1. The maximum absolute atomic E-state index is 14.3. The highest BCUT2D eigenvalue weighted by atomic mass is 35.5. The van der Waals surface area contributed by atoms with Crippen LogP contribution in [0.5, 0.6) is 0 Å². The molecule has 1 aromatic carbocycles. The molecule has 0 radical (unpaired) electrons. The van der Waals surface area contributed by atoms with E-state index in [4.69, 9.17) is 11.6 Å². The first kappa shape index (κ1) is 18.2. The molecule has 1 saturated heterocycles. The summed E-state index contributed by atoms with van der Waals surface area (Å²) in [4.78, 5) is 18.3. The molecule has 1 aliphatic heterocycles. The quantitative estimate of drug-likeness (QED) is 0.477. The molecule has 1 fully saturated rings. The van der Waals surface area contributed by atoms with E-state index in [1.165, 1.54) is 34.6 Å². The summed E-state index contributed by atoms with van der Waals surface area (Å²) in [7, 11) is 0. The fraction of sp³-hybridized carbons (Fsp3) is 0.278. The zero-order valence-corrected chi connectivity index (χ0v) is 15.8. The van der Waals surface area contributed by atoms with Crippen LogP contribution >= 0.6 is 23.4 Å². The van der Waals surface area contributed by atoms with Crippen molar-refractivity contribution in [2.75, 3.05) is 17.7 Å². The molecule has 3 heterocycles. The van der Waals surface area contributed by atoms with Gasteiger partial charge in [-0.25, -0.2) is 18.3 Å². The van der Waals surface area contributed by atoms with Crippen LogP contribution in [0.4, 0.5) is 14.6 Å². The second-order valence-corrected chi connectivity index (χ2v) is 7.46. The number of nitrogens with zero attached hydrogens (tertiary/aromatic N) is 4. The SMILES string of the molecule is CSc1ccc(F)cc1[C@H]1C[C@H](F)CN1c1ccc2ncc(C(=O)Cl)n2n1. The summed E-state index contributed by atoms with van der Waals surface area (Å²) in [6.07, 6.45) is 2.42. The first-order valence-electron chi connectivity index (χ1n) is 8.26. The molecule has 0 unspecified atom stereocenters. The van der Waals surface area contributed by atoms with Gasteiger partial charge >= 0.3 is 0 Å². The lowest BCUT2D eigenvalue weighted by molar-refractivity contribution is 0.107. The predicted octanol–water partition coefficient (Wildman–Crippen LogP) is 4.26. The van der Waals surface area contributed by atoms with Crippen LogP contribution in [0.1, 0.15) is 28.5 Å². The standard InChI is InChI=1S/C18H15ClF2N4OS/c1-27-15-3-2-10(20)6-12(15)13-7-11(21)9-24(13)17-5-4-16-22-8-14(18(19)26)25(16)23-17/h2-6,8,11,13H,7,9H2,1H3/t11-,13+/m0/s1. The fourth-order valence-corrected chi connectivity index (χ4v) is 4.21. The highest BCUT2D eigenvalue weighted by molar-refractivity contribution is 7.98. The summed E-state index contributed by atoms with van der Waals surface area (Å²) in [5, 5.41) is 3.76. The molecule has 0 bridgehead atoms. The van der Waals surface area contributed by atoms with Crippen molar-refractivity contribution >= 4 is 40.1 Å². The van der Waals surface area contributed by atoms with Gasteiger partial charge in [0.2, 0.25) is 0 Å². The Balaban J connectivity index is 1.80. The van der Waals surface area contributed by atoms with Crippen molar-refractivity contribution in [1.82, 2.24) is 14.6 Å². The second-order valence-electron chi connectivity index (χ2n) is 6.27. The van der Waals surface area contributed by atoms with E-state index in [9.17, 15) is 13.6 Å². The van der Waals surface area contributed by atoms with Crippen molar-refractivity contribution in [2.24, 2.45) is 0 Å². The van der Waals surface area contributed by atoms with Crippen LogP contribution in [-0.4, -0.2) is 38.8 Å². The van der Waals surface area contributed by atoms with Crippen molar-refractivity contribution < 1.29 is 13.6 Å². The van der Waals surface area contributed by atoms with Crippen molar-refractivity contribution in [1.29, 1.82) is 0 Å². The van der Waals surface area contributed by atoms with Crippen LogP contribution in [0.3, 0.4) is 0 Å². The number of hydrogen-bond acceptors (Lipinski definition) is 5. The molecule has 0 N–H and O–H groups in total. The monoisotopic (exact) mass is 408 g/mol. The van der Waals surface area contributed by atoms with Crippen molar-refractivity contribution in [3.63, 3.8) is 0 Å². The third-order valence-corrected chi connectivity index (χ3v) is 5.65. The lowest BCUT2D eigenvalue weighted by Gasteiger charge is -2.27. The van der Waals surface area contributed by atoms with E-state index < -0.39 is 11.4 Å². The van der Waals surface area contributed by atoms with E-state index in [-0.39, 0.29) is 30.5 Å². The number of alkyl halides is 1. The van der Waals surface area contributed by atoms with Gasteiger partial charge in [-0.2, -0.15) is 0 Å².